The Morgan fingerprint density at radius 2 is 2.21 bits per heavy atom. The van der Waals surface area contributed by atoms with E-state index in [0.717, 1.165) is 38.0 Å². The molecule has 2 fully saturated rings. The number of carbonyl (C=O) groups excluding carboxylic acids is 1. The maximum absolute atomic E-state index is 13.7. The molecule has 2 aliphatic rings. The van der Waals surface area contributed by atoms with Gasteiger partial charge in [-0.1, -0.05) is 19.1 Å². The normalized spacial score (nSPS) is 24.5. The van der Waals surface area contributed by atoms with Crippen molar-refractivity contribution in [1.82, 2.24) is 10.2 Å². The summed E-state index contributed by atoms with van der Waals surface area (Å²) < 4.78 is 19.2. The van der Waals surface area contributed by atoms with Gasteiger partial charge in [-0.15, -0.1) is 0 Å². The van der Waals surface area contributed by atoms with Crippen molar-refractivity contribution >= 4 is 5.91 Å². The first-order valence-electron chi connectivity index (χ1n) is 9.01. The van der Waals surface area contributed by atoms with E-state index in [1.807, 2.05) is 6.07 Å². The minimum Gasteiger partial charge on any atom is -0.381 e. The number of benzene rings is 1. The standard InChI is InChI=1S/C19H27FN2O2/c1-2-22-10-4-7-17(14-22)21-18(23)19(8-11-24-12-9-19)15-5-3-6-16(20)13-15/h3,5-6,13,17H,2,4,7-12,14H2,1H3,(H,21,23)/t17-/m1/s1. The number of carbonyl (C=O) groups is 1. The Bertz CT molecular complexity index is 572. The molecule has 1 N–H and O–H groups in total. The lowest BCUT2D eigenvalue weighted by atomic mass is 9.73. The molecule has 0 spiro atoms. The van der Waals surface area contributed by atoms with E-state index in [-0.39, 0.29) is 17.8 Å². The zero-order chi connectivity index (χ0) is 17.0. The Hall–Kier alpha value is -1.46. The number of ether oxygens (including phenoxy) is 1. The summed E-state index contributed by atoms with van der Waals surface area (Å²) in [6.45, 7) is 6.24. The van der Waals surface area contributed by atoms with E-state index in [4.69, 9.17) is 4.74 Å². The van der Waals surface area contributed by atoms with Crippen LogP contribution in [0.2, 0.25) is 0 Å². The molecule has 0 aliphatic carbocycles. The number of likely N-dealkylation sites (N-methyl/N-ethyl adjacent to an activating group) is 1. The van der Waals surface area contributed by atoms with Crippen LogP contribution in [0.25, 0.3) is 0 Å². The van der Waals surface area contributed by atoms with E-state index in [2.05, 4.69) is 17.1 Å². The number of amides is 1. The van der Waals surface area contributed by atoms with Gasteiger partial charge in [0.1, 0.15) is 5.82 Å². The largest absolute Gasteiger partial charge is 0.381 e. The van der Waals surface area contributed by atoms with Gasteiger partial charge in [0, 0.05) is 25.8 Å². The smallest absolute Gasteiger partial charge is 0.231 e. The summed E-state index contributed by atoms with van der Waals surface area (Å²) in [7, 11) is 0. The molecule has 4 nitrogen and oxygen atoms in total. The molecule has 1 aromatic rings. The van der Waals surface area contributed by atoms with Crippen LogP contribution in [0.3, 0.4) is 0 Å². The summed E-state index contributed by atoms with van der Waals surface area (Å²) in [6.07, 6.45) is 3.33. The van der Waals surface area contributed by atoms with E-state index in [1.54, 1.807) is 6.07 Å². The summed E-state index contributed by atoms with van der Waals surface area (Å²) in [4.78, 5) is 15.6. The number of likely N-dealkylation sites (tertiary alicyclic amines) is 1. The molecule has 0 radical (unpaired) electrons. The van der Waals surface area contributed by atoms with E-state index < -0.39 is 5.41 Å². The van der Waals surface area contributed by atoms with Crippen molar-refractivity contribution in [3.8, 4) is 0 Å². The van der Waals surface area contributed by atoms with Crippen LogP contribution in [0.5, 0.6) is 0 Å². The third kappa shape index (κ3) is 3.62. The summed E-state index contributed by atoms with van der Waals surface area (Å²) in [5, 5.41) is 3.25. The molecular formula is C19H27FN2O2. The highest BCUT2D eigenvalue weighted by Crippen LogP contribution is 2.35. The predicted octanol–water partition coefficient (Wildman–Crippen LogP) is 2.47. The zero-order valence-corrected chi connectivity index (χ0v) is 14.4. The highest BCUT2D eigenvalue weighted by Gasteiger charge is 2.42. The van der Waals surface area contributed by atoms with E-state index >= 15 is 0 Å². The van der Waals surface area contributed by atoms with Gasteiger partial charge >= 0.3 is 0 Å². The van der Waals surface area contributed by atoms with Crippen molar-refractivity contribution in [1.29, 1.82) is 0 Å². The molecule has 132 valence electrons. The first-order valence-corrected chi connectivity index (χ1v) is 9.01. The summed E-state index contributed by atoms with van der Waals surface area (Å²) >= 11 is 0. The molecule has 1 amide bonds. The second-order valence-electron chi connectivity index (χ2n) is 6.91. The van der Waals surface area contributed by atoms with Gasteiger partial charge in [0.05, 0.1) is 5.41 Å². The SMILES string of the molecule is CCN1CCC[C@@H](NC(=O)C2(c3cccc(F)c3)CCOCC2)C1. The third-order valence-corrected chi connectivity index (χ3v) is 5.45. The summed E-state index contributed by atoms with van der Waals surface area (Å²) in [5.74, 6) is -0.264. The molecule has 1 aromatic carbocycles. The number of nitrogens with zero attached hydrogens (tertiary/aromatic N) is 1. The first kappa shape index (κ1) is 17.4. The van der Waals surface area contributed by atoms with Crippen LogP contribution in [-0.2, 0) is 14.9 Å². The maximum Gasteiger partial charge on any atom is 0.231 e. The Kier molecular flexibility index (Phi) is 5.51. The van der Waals surface area contributed by atoms with Crippen LogP contribution in [0.15, 0.2) is 24.3 Å². The lowest BCUT2D eigenvalue weighted by Crippen LogP contribution is -2.54. The second-order valence-corrected chi connectivity index (χ2v) is 6.91. The fourth-order valence-corrected chi connectivity index (χ4v) is 3.94. The third-order valence-electron chi connectivity index (χ3n) is 5.45. The van der Waals surface area contributed by atoms with E-state index in [0.29, 0.717) is 26.1 Å². The van der Waals surface area contributed by atoms with Gasteiger partial charge in [0.15, 0.2) is 0 Å². The predicted molar refractivity (Wildman–Crippen MR) is 91.4 cm³/mol. The number of hydrogen-bond donors (Lipinski definition) is 1. The van der Waals surface area contributed by atoms with Gasteiger partial charge < -0.3 is 15.0 Å². The summed E-state index contributed by atoms with van der Waals surface area (Å²) in [6, 6.07) is 6.67. The van der Waals surface area contributed by atoms with E-state index in [1.165, 1.54) is 12.1 Å². The van der Waals surface area contributed by atoms with Crippen LogP contribution < -0.4 is 5.32 Å². The van der Waals surface area contributed by atoms with Gasteiger partial charge in [0.25, 0.3) is 0 Å². The van der Waals surface area contributed by atoms with Crippen LogP contribution in [0.4, 0.5) is 4.39 Å². The molecule has 3 rings (SSSR count). The molecule has 0 aromatic heterocycles. The Morgan fingerprint density at radius 3 is 2.92 bits per heavy atom. The number of rotatable bonds is 4. The van der Waals surface area contributed by atoms with Gasteiger partial charge in [-0.05, 0) is 56.5 Å². The van der Waals surface area contributed by atoms with Crippen LogP contribution in [0, 0.1) is 5.82 Å². The number of halogens is 1. The topological polar surface area (TPSA) is 41.6 Å². The number of nitrogens with one attached hydrogen (secondary N) is 1. The molecule has 2 saturated heterocycles. The van der Waals surface area contributed by atoms with Gasteiger partial charge in [-0.3, -0.25) is 4.79 Å². The monoisotopic (exact) mass is 334 g/mol. The molecule has 2 heterocycles. The molecule has 1 atom stereocenters. The number of hydrogen-bond acceptors (Lipinski definition) is 3. The second kappa shape index (κ2) is 7.62. The molecule has 0 bridgehead atoms. The van der Waals surface area contributed by atoms with Gasteiger partial charge in [-0.25, -0.2) is 4.39 Å². The van der Waals surface area contributed by atoms with Crippen molar-refractivity contribution in [3.63, 3.8) is 0 Å². The molecular weight excluding hydrogens is 307 g/mol. The van der Waals surface area contributed by atoms with Crippen LogP contribution in [0.1, 0.15) is 38.2 Å². The lowest BCUT2D eigenvalue weighted by molar-refractivity contribution is -0.131. The van der Waals surface area contributed by atoms with Crippen LogP contribution >= 0.6 is 0 Å². The van der Waals surface area contributed by atoms with Crippen molar-refractivity contribution in [2.45, 2.75) is 44.1 Å². The molecule has 5 heteroatoms. The van der Waals surface area contributed by atoms with Crippen molar-refractivity contribution in [3.05, 3.63) is 35.6 Å². The number of piperidine rings is 1. The Morgan fingerprint density at radius 1 is 1.42 bits per heavy atom. The molecule has 0 saturated carbocycles. The average Bonchev–Trinajstić information content (AvgIpc) is 2.62. The van der Waals surface area contributed by atoms with Crippen molar-refractivity contribution < 1.29 is 13.9 Å². The minimum atomic E-state index is -0.672. The Labute approximate surface area is 143 Å². The first-order chi connectivity index (χ1) is 11.6. The lowest BCUT2D eigenvalue weighted by Gasteiger charge is -2.39. The highest BCUT2D eigenvalue weighted by atomic mass is 19.1. The van der Waals surface area contributed by atoms with Gasteiger partial charge in [-0.2, -0.15) is 0 Å². The fourth-order valence-electron chi connectivity index (χ4n) is 3.94. The molecule has 0 unspecified atom stereocenters. The average molecular weight is 334 g/mol. The maximum atomic E-state index is 13.7. The quantitative estimate of drug-likeness (QED) is 0.920. The molecule has 2 aliphatic heterocycles. The van der Waals surface area contributed by atoms with Crippen molar-refractivity contribution in [2.75, 3.05) is 32.8 Å². The molecule has 24 heavy (non-hydrogen) atoms. The summed E-state index contributed by atoms with van der Waals surface area (Å²) in [5.41, 5.74) is 0.0981. The zero-order valence-electron chi connectivity index (χ0n) is 14.4. The minimum absolute atomic E-state index is 0.0272. The Balaban J connectivity index is 1.79. The van der Waals surface area contributed by atoms with Crippen molar-refractivity contribution in [2.24, 2.45) is 0 Å². The van der Waals surface area contributed by atoms with Gasteiger partial charge in [0.2, 0.25) is 5.91 Å². The van der Waals surface area contributed by atoms with E-state index in [9.17, 15) is 9.18 Å². The highest BCUT2D eigenvalue weighted by molar-refractivity contribution is 5.88. The fraction of sp³-hybridized carbons (Fsp3) is 0.632. The van der Waals surface area contributed by atoms with Crippen LogP contribution in [-0.4, -0.2) is 49.7 Å².